The van der Waals surface area contributed by atoms with Crippen molar-refractivity contribution in [3.63, 3.8) is 0 Å². The number of likely N-dealkylation sites (tertiary alicyclic amines) is 1. The number of amides is 1. The summed E-state index contributed by atoms with van der Waals surface area (Å²) in [7, 11) is 2.09. The molecule has 0 aromatic heterocycles. The van der Waals surface area contributed by atoms with E-state index in [9.17, 15) is 4.79 Å². The molecule has 76 valence electrons. The van der Waals surface area contributed by atoms with E-state index < -0.39 is 0 Å². The lowest BCUT2D eigenvalue weighted by molar-refractivity contribution is -0.126. The number of carbonyl (C=O) groups excluding carboxylic acids is 1. The van der Waals surface area contributed by atoms with E-state index in [2.05, 4.69) is 11.9 Å². The minimum Gasteiger partial charge on any atom is -0.371 e. The van der Waals surface area contributed by atoms with Gasteiger partial charge in [-0.3, -0.25) is 10.2 Å². The Morgan fingerprint density at radius 3 is 3.08 bits per heavy atom. The quantitative estimate of drug-likeness (QED) is 0.334. The van der Waals surface area contributed by atoms with Crippen molar-refractivity contribution in [2.24, 2.45) is 11.8 Å². The maximum Gasteiger partial charge on any atom is 0.259 e. The van der Waals surface area contributed by atoms with Crippen LogP contribution >= 0.6 is 0 Å². The van der Waals surface area contributed by atoms with Crippen LogP contribution in [0, 0.1) is 5.92 Å². The summed E-state index contributed by atoms with van der Waals surface area (Å²) in [5.74, 6) is 5.19. The highest BCUT2D eigenvalue weighted by molar-refractivity contribution is 5.76. The zero-order chi connectivity index (χ0) is 9.68. The third-order valence-electron chi connectivity index (χ3n) is 2.24. The first-order valence-corrected chi connectivity index (χ1v) is 4.48. The number of hydrogen-bond donors (Lipinski definition) is 2. The van der Waals surface area contributed by atoms with E-state index in [0.717, 1.165) is 19.5 Å². The van der Waals surface area contributed by atoms with Gasteiger partial charge in [-0.2, -0.15) is 0 Å². The van der Waals surface area contributed by atoms with Crippen molar-refractivity contribution in [1.82, 2.24) is 10.3 Å². The molecule has 0 aromatic carbocycles. The monoisotopic (exact) mass is 187 g/mol. The summed E-state index contributed by atoms with van der Waals surface area (Å²) in [5, 5.41) is 0. The first-order valence-electron chi connectivity index (χ1n) is 4.48. The molecule has 13 heavy (non-hydrogen) atoms. The SMILES string of the molecule is CN1CCC(COCC(=O)NN)C1. The molecule has 0 saturated carbocycles. The second-order valence-electron chi connectivity index (χ2n) is 3.50. The van der Waals surface area contributed by atoms with E-state index in [-0.39, 0.29) is 12.5 Å². The molecular weight excluding hydrogens is 170 g/mol. The Morgan fingerprint density at radius 2 is 2.54 bits per heavy atom. The molecule has 1 fully saturated rings. The van der Waals surface area contributed by atoms with Crippen LogP contribution < -0.4 is 11.3 Å². The molecule has 3 N–H and O–H groups in total. The molecule has 0 aromatic rings. The molecule has 1 amide bonds. The molecule has 0 radical (unpaired) electrons. The van der Waals surface area contributed by atoms with Gasteiger partial charge in [0.05, 0.1) is 6.61 Å². The van der Waals surface area contributed by atoms with Crippen molar-refractivity contribution in [1.29, 1.82) is 0 Å². The first kappa shape index (κ1) is 10.4. The lowest BCUT2D eigenvalue weighted by Crippen LogP contribution is -2.34. The molecule has 0 spiro atoms. The van der Waals surface area contributed by atoms with Gasteiger partial charge in [0.1, 0.15) is 6.61 Å². The van der Waals surface area contributed by atoms with Gasteiger partial charge in [-0.25, -0.2) is 5.84 Å². The van der Waals surface area contributed by atoms with Gasteiger partial charge in [0.15, 0.2) is 0 Å². The average molecular weight is 187 g/mol. The summed E-state index contributed by atoms with van der Waals surface area (Å²) in [6.07, 6.45) is 1.15. The molecular formula is C8H17N3O2. The van der Waals surface area contributed by atoms with Crippen LogP contribution in [0.15, 0.2) is 0 Å². The minimum absolute atomic E-state index is 0.0662. The van der Waals surface area contributed by atoms with Crippen molar-refractivity contribution in [3.05, 3.63) is 0 Å². The predicted octanol–water partition coefficient (Wildman–Crippen LogP) is -1.06. The van der Waals surface area contributed by atoms with Crippen LogP contribution in [0.25, 0.3) is 0 Å². The third kappa shape index (κ3) is 3.71. The van der Waals surface area contributed by atoms with Gasteiger partial charge >= 0.3 is 0 Å². The van der Waals surface area contributed by atoms with E-state index in [1.165, 1.54) is 0 Å². The normalized spacial score (nSPS) is 23.4. The number of nitrogens with two attached hydrogens (primary N) is 1. The lowest BCUT2D eigenvalue weighted by Gasteiger charge is -2.10. The second-order valence-corrected chi connectivity index (χ2v) is 3.50. The number of rotatable bonds is 4. The minimum atomic E-state index is -0.272. The summed E-state index contributed by atoms with van der Waals surface area (Å²) in [6, 6.07) is 0. The van der Waals surface area contributed by atoms with E-state index >= 15 is 0 Å². The van der Waals surface area contributed by atoms with Crippen LogP contribution in [0.5, 0.6) is 0 Å². The third-order valence-corrected chi connectivity index (χ3v) is 2.24. The largest absolute Gasteiger partial charge is 0.371 e. The van der Waals surface area contributed by atoms with Crippen molar-refractivity contribution in [3.8, 4) is 0 Å². The highest BCUT2D eigenvalue weighted by atomic mass is 16.5. The van der Waals surface area contributed by atoms with Gasteiger partial charge in [0.2, 0.25) is 0 Å². The number of nitrogens with one attached hydrogen (secondary N) is 1. The number of hydrazine groups is 1. The Balaban J connectivity index is 2.03. The van der Waals surface area contributed by atoms with Gasteiger partial charge in [-0.15, -0.1) is 0 Å². The maximum atomic E-state index is 10.7. The topological polar surface area (TPSA) is 67.6 Å². The highest BCUT2D eigenvalue weighted by Crippen LogP contribution is 2.13. The lowest BCUT2D eigenvalue weighted by atomic mass is 10.1. The fraction of sp³-hybridized carbons (Fsp3) is 0.875. The highest BCUT2D eigenvalue weighted by Gasteiger charge is 2.19. The van der Waals surface area contributed by atoms with Crippen LogP contribution in [-0.4, -0.2) is 44.2 Å². The van der Waals surface area contributed by atoms with Crippen molar-refractivity contribution in [2.45, 2.75) is 6.42 Å². The van der Waals surface area contributed by atoms with E-state index in [4.69, 9.17) is 10.6 Å². The van der Waals surface area contributed by atoms with Crippen molar-refractivity contribution < 1.29 is 9.53 Å². The predicted molar refractivity (Wildman–Crippen MR) is 48.8 cm³/mol. The molecule has 1 saturated heterocycles. The summed E-state index contributed by atoms with van der Waals surface area (Å²) >= 11 is 0. The number of hydrogen-bond acceptors (Lipinski definition) is 4. The van der Waals surface area contributed by atoms with Gasteiger partial charge in [0, 0.05) is 6.54 Å². The number of nitrogens with zero attached hydrogens (tertiary/aromatic N) is 1. The Morgan fingerprint density at radius 1 is 1.77 bits per heavy atom. The summed E-state index contributed by atoms with van der Waals surface area (Å²) < 4.78 is 5.20. The maximum absolute atomic E-state index is 10.7. The Bertz CT molecular complexity index is 175. The van der Waals surface area contributed by atoms with E-state index in [1.54, 1.807) is 0 Å². The molecule has 1 unspecified atom stereocenters. The van der Waals surface area contributed by atoms with Gasteiger partial charge in [0.25, 0.3) is 5.91 Å². The van der Waals surface area contributed by atoms with Crippen molar-refractivity contribution in [2.75, 3.05) is 33.4 Å². The average Bonchev–Trinajstić information content (AvgIpc) is 2.51. The molecule has 1 aliphatic rings. The van der Waals surface area contributed by atoms with Crippen LogP contribution in [0.1, 0.15) is 6.42 Å². The fourth-order valence-electron chi connectivity index (χ4n) is 1.52. The Hall–Kier alpha value is -0.650. The fourth-order valence-corrected chi connectivity index (χ4v) is 1.52. The summed E-state index contributed by atoms with van der Waals surface area (Å²) in [4.78, 5) is 12.9. The summed E-state index contributed by atoms with van der Waals surface area (Å²) in [6.45, 7) is 2.90. The molecule has 1 atom stereocenters. The standard InChI is InChI=1S/C8H17N3O2/c1-11-3-2-7(4-11)5-13-6-8(12)10-9/h7H,2-6,9H2,1H3,(H,10,12). The zero-order valence-electron chi connectivity index (χ0n) is 7.95. The van der Waals surface area contributed by atoms with Crippen LogP contribution in [-0.2, 0) is 9.53 Å². The Kier molecular flexibility index (Phi) is 4.14. The van der Waals surface area contributed by atoms with E-state index in [0.29, 0.717) is 12.5 Å². The van der Waals surface area contributed by atoms with Crippen LogP contribution in [0.3, 0.4) is 0 Å². The zero-order valence-corrected chi connectivity index (χ0v) is 7.95. The smallest absolute Gasteiger partial charge is 0.259 e. The molecule has 1 rings (SSSR count). The number of carbonyl (C=O) groups is 1. The number of ether oxygens (including phenoxy) is 1. The van der Waals surface area contributed by atoms with Crippen LogP contribution in [0.4, 0.5) is 0 Å². The van der Waals surface area contributed by atoms with Gasteiger partial charge < -0.3 is 9.64 Å². The molecule has 5 nitrogen and oxygen atoms in total. The first-order chi connectivity index (χ1) is 6.22. The Labute approximate surface area is 78.2 Å². The van der Waals surface area contributed by atoms with Gasteiger partial charge in [-0.05, 0) is 25.9 Å². The molecule has 1 heterocycles. The molecule has 1 aliphatic heterocycles. The second kappa shape index (κ2) is 5.16. The molecule has 0 aliphatic carbocycles. The molecule has 0 bridgehead atoms. The molecule has 5 heteroatoms. The van der Waals surface area contributed by atoms with E-state index in [1.807, 2.05) is 5.43 Å². The van der Waals surface area contributed by atoms with Gasteiger partial charge in [-0.1, -0.05) is 0 Å². The van der Waals surface area contributed by atoms with Crippen LogP contribution in [0.2, 0.25) is 0 Å². The summed E-state index contributed by atoms with van der Waals surface area (Å²) in [5.41, 5.74) is 2.02. The van der Waals surface area contributed by atoms with Crippen molar-refractivity contribution >= 4 is 5.91 Å².